The Labute approximate surface area is 154 Å². The monoisotopic (exact) mass is 364 g/mol. The van der Waals surface area contributed by atoms with Gasteiger partial charge in [-0.15, -0.1) is 11.3 Å². The Hall–Kier alpha value is -3.02. The SMILES string of the molecule is N#Cc1c(N)cc(-c2nccs2)nc1-c1cccc(N2CCC(O)C2)n1. The molecule has 4 heterocycles. The highest BCUT2D eigenvalue weighted by Crippen LogP contribution is 2.31. The van der Waals surface area contributed by atoms with Crippen molar-refractivity contribution < 1.29 is 5.11 Å². The highest BCUT2D eigenvalue weighted by Gasteiger charge is 2.22. The fraction of sp³-hybridized carbons (Fsp3) is 0.222. The first-order chi connectivity index (χ1) is 12.7. The number of nitrogens with zero attached hydrogens (tertiary/aromatic N) is 5. The normalized spacial score (nSPS) is 16.6. The first-order valence-corrected chi connectivity index (χ1v) is 9.04. The summed E-state index contributed by atoms with van der Waals surface area (Å²) in [7, 11) is 0. The first kappa shape index (κ1) is 16.4. The Morgan fingerprint density at radius 3 is 2.88 bits per heavy atom. The van der Waals surface area contributed by atoms with E-state index in [4.69, 9.17) is 5.73 Å². The fourth-order valence-corrected chi connectivity index (χ4v) is 3.61. The van der Waals surface area contributed by atoms with E-state index in [-0.39, 0.29) is 6.10 Å². The molecule has 3 aromatic rings. The van der Waals surface area contributed by atoms with Gasteiger partial charge in [-0.25, -0.2) is 15.0 Å². The molecule has 1 saturated heterocycles. The van der Waals surface area contributed by atoms with Crippen LogP contribution in [0, 0.1) is 11.3 Å². The summed E-state index contributed by atoms with van der Waals surface area (Å²) in [6.45, 7) is 1.30. The van der Waals surface area contributed by atoms with Crippen LogP contribution in [0.3, 0.4) is 0 Å². The summed E-state index contributed by atoms with van der Waals surface area (Å²) in [6, 6.07) is 9.37. The van der Waals surface area contributed by atoms with Crippen molar-refractivity contribution in [3.8, 4) is 28.2 Å². The van der Waals surface area contributed by atoms with E-state index in [9.17, 15) is 10.4 Å². The molecule has 4 rings (SSSR count). The van der Waals surface area contributed by atoms with Gasteiger partial charge in [-0.2, -0.15) is 5.26 Å². The molecule has 7 nitrogen and oxygen atoms in total. The lowest BCUT2D eigenvalue weighted by atomic mass is 10.1. The maximum absolute atomic E-state index is 9.76. The van der Waals surface area contributed by atoms with Gasteiger partial charge in [0.1, 0.15) is 33.8 Å². The fourth-order valence-electron chi connectivity index (χ4n) is 3.01. The van der Waals surface area contributed by atoms with Crippen molar-refractivity contribution in [2.75, 3.05) is 23.7 Å². The molecule has 3 aromatic heterocycles. The summed E-state index contributed by atoms with van der Waals surface area (Å²) in [5, 5.41) is 21.9. The number of aromatic nitrogens is 3. The second-order valence-corrected chi connectivity index (χ2v) is 6.93. The molecule has 0 bridgehead atoms. The summed E-state index contributed by atoms with van der Waals surface area (Å²) < 4.78 is 0. The molecule has 1 unspecified atom stereocenters. The van der Waals surface area contributed by atoms with E-state index in [0.29, 0.717) is 34.9 Å². The summed E-state index contributed by atoms with van der Waals surface area (Å²) in [5.41, 5.74) is 8.39. The molecule has 8 heteroatoms. The Morgan fingerprint density at radius 2 is 2.19 bits per heavy atom. The number of pyridine rings is 2. The van der Waals surface area contributed by atoms with E-state index in [1.807, 2.05) is 28.5 Å². The van der Waals surface area contributed by atoms with Crippen molar-refractivity contribution in [1.29, 1.82) is 5.26 Å². The average Bonchev–Trinajstić information content (AvgIpc) is 3.33. The average molecular weight is 364 g/mol. The Morgan fingerprint density at radius 1 is 1.31 bits per heavy atom. The largest absolute Gasteiger partial charge is 0.398 e. The van der Waals surface area contributed by atoms with Gasteiger partial charge in [0.25, 0.3) is 0 Å². The second-order valence-electron chi connectivity index (χ2n) is 6.04. The number of hydrogen-bond acceptors (Lipinski definition) is 8. The van der Waals surface area contributed by atoms with Gasteiger partial charge in [-0.3, -0.25) is 0 Å². The second kappa shape index (κ2) is 6.71. The molecule has 1 aliphatic rings. The van der Waals surface area contributed by atoms with Gasteiger partial charge < -0.3 is 15.7 Å². The Bertz CT molecular complexity index is 982. The van der Waals surface area contributed by atoms with E-state index < -0.39 is 0 Å². The predicted octanol–water partition coefficient (Wildman–Crippen LogP) is 2.29. The van der Waals surface area contributed by atoms with Crippen molar-refractivity contribution in [2.45, 2.75) is 12.5 Å². The molecule has 0 radical (unpaired) electrons. The summed E-state index contributed by atoms with van der Waals surface area (Å²) >= 11 is 1.46. The van der Waals surface area contributed by atoms with Gasteiger partial charge in [0.15, 0.2) is 0 Å². The van der Waals surface area contributed by atoms with Gasteiger partial charge in [-0.05, 0) is 24.6 Å². The van der Waals surface area contributed by atoms with E-state index in [2.05, 4.69) is 21.0 Å². The minimum absolute atomic E-state index is 0.302. The lowest BCUT2D eigenvalue weighted by Gasteiger charge is -2.17. The van der Waals surface area contributed by atoms with Crippen LogP contribution in [0.15, 0.2) is 35.8 Å². The van der Waals surface area contributed by atoms with E-state index in [1.165, 1.54) is 11.3 Å². The van der Waals surface area contributed by atoms with Gasteiger partial charge >= 0.3 is 0 Å². The number of aliphatic hydroxyl groups is 1. The van der Waals surface area contributed by atoms with Crippen LogP contribution in [0.5, 0.6) is 0 Å². The number of hydrogen-bond donors (Lipinski definition) is 2. The predicted molar refractivity (Wildman–Crippen MR) is 101 cm³/mol. The van der Waals surface area contributed by atoms with Crippen molar-refractivity contribution in [3.63, 3.8) is 0 Å². The molecule has 26 heavy (non-hydrogen) atoms. The molecular formula is C18H16N6OS. The number of nitrogens with two attached hydrogens (primary N) is 1. The van der Waals surface area contributed by atoms with E-state index >= 15 is 0 Å². The van der Waals surface area contributed by atoms with E-state index in [1.54, 1.807) is 12.3 Å². The van der Waals surface area contributed by atoms with Gasteiger partial charge in [0, 0.05) is 24.7 Å². The minimum Gasteiger partial charge on any atom is -0.398 e. The standard InChI is InChI=1S/C18H16N6OS/c19-9-12-13(20)8-15(18-21-5-7-26-18)23-17(12)14-2-1-3-16(22-14)24-6-4-11(25)10-24/h1-3,5,7-8,11,25H,4,6,10H2,(H2,20,23). The Kier molecular flexibility index (Phi) is 4.24. The lowest BCUT2D eigenvalue weighted by Crippen LogP contribution is -2.22. The van der Waals surface area contributed by atoms with Crippen LogP contribution in [-0.4, -0.2) is 39.3 Å². The highest BCUT2D eigenvalue weighted by molar-refractivity contribution is 7.13. The van der Waals surface area contributed by atoms with Crippen LogP contribution in [0.1, 0.15) is 12.0 Å². The molecule has 1 atom stereocenters. The van der Waals surface area contributed by atoms with Crippen LogP contribution in [-0.2, 0) is 0 Å². The molecule has 0 amide bonds. The third-order valence-electron chi connectivity index (χ3n) is 4.28. The maximum Gasteiger partial charge on any atom is 0.141 e. The first-order valence-electron chi connectivity index (χ1n) is 8.16. The third-order valence-corrected chi connectivity index (χ3v) is 5.07. The molecule has 0 aliphatic carbocycles. The van der Waals surface area contributed by atoms with Gasteiger partial charge in [-0.1, -0.05) is 6.07 Å². The topological polar surface area (TPSA) is 112 Å². The quantitative estimate of drug-likeness (QED) is 0.733. The number of aliphatic hydroxyl groups excluding tert-OH is 1. The van der Waals surface area contributed by atoms with Crippen molar-refractivity contribution in [2.24, 2.45) is 0 Å². The van der Waals surface area contributed by atoms with Crippen LogP contribution >= 0.6 is 11.3 Å². The molecular weight excluding hydrogens is 348 g/mol. The number of β-amino-alcohol motifs (C(OH)–C–C–N with tert-alkyl or cyclic N) is 1. The van der Waals surface area contributed by atoms with Crippen molar-refractivity contribution in [1.82, 2.24) is 15.0 Å². The highest BCUT2D eigenvalue weighted by atomic mass is 32.1. The van der Waals surface area contributed by atoms with Crippen LogP contribution < -0.4 is 10.6 Å². The molecule has 0 spiro atoms. The molecule has 1 aliphatic heterocycles. The van der Waals surface area contributed by atoms with E-state index in [0.717, 1.165) is 23.8 Å². The summed E-state index contributed by atoms with van der Waals surface area (Å²) in [4.78, 5) is 15.6. The number of rotatable bonds is 3. The van der Waals surface area contributed by atoms with Crippen molar-refractivity contribution in [3.05, 3.63) is 41.4 Å². The number of thiazole rings is 1. The molecule has 3 N–H and O–H groups in total. The Balaban J connectivity index is 1.81. The zero-order valence-corrected chi connectivity index (χ0v) is 14.6. The number of nitrogen functional groups attached to an aromatic ring is 1. The molecule has 130 valence electrons. The zero-order valence-electron chi connectivity index (χ0n) is 13.8. The van der Waals surface area contributed by atoms with Gasteiger partial charge in [0.05, 0.1) is 17.5 Å². The summed E-state index contributed by atoms with van der Waals surface area (Å²) in [6.07, 6.45) is 2.09. The zero-order chi connectivity index (χ0) is 18.1. The number of anilines is 2. The van der Waals surface area contributed by atoms with Gasteiger partial charge in [0.2, 0.25) is 0 Å². The molecule has 0 saturated carbocycles. The minimum atomic E-state index is -0.336. The maximum atomic E-state index is 9.76. The summed E-state index contributed by atoms with van der Waals surface area (Å²) in [5.74, 6) is 0.753. The molecule has 1 fully saturated rings. The van der Waals surface area contributed by atoms with Crippen LogP contribution in [0.4, 0.5) is 11.5 Å². The smallest absolute Gasteiger partial charge is 0.141 e. The van der Waals surface area contributed by atoms with Crippen LogP contribution in [0.25, 0.3) is 22.1 Å². The third kappa shape index (κ3) is 2.98. The molecule has 0 aromatic carbocycles. The lowest BCUT2D eigenvalue weighted by molar-refractivity contribution is 0.198. The van der Waals surface area contributed by atoms with Crippen LogP contribution in [0.2, 0.25) is 0 Å². The number of nitriles is 1. The van der Waals surface area contributed by atoms with Crippen molar-refractivity contribution >= 4 is 22.8 Å².